The molecule has 158 valence electrons. The van der Waals surface area contributed by atoms with Gasteiger partial charge in [0.15, 0.2) is 0 Å². The van der Waals surface area contributed by atoms with Gasteiger partial charge in [-0.1, -0.05) is 68.0 Å². The fourth-order valence-corrected chi connectivity index (χ4v) is 5.30. The van der Waals surface area contributed by atoms with E-state index in [1.54, 1.807) is 7.11 Å². The lowest BCUT2D eigenvalue weighted by Crippen LogP contribution is -2.68. The van der Waals surface area contributed by atoms with Gasteiger partial charge in [-0.15, -0.1) is 0 Å². The summed E-state index contributed by atoms with van der Waals surface area (Å²) in [4.78, 5) is 15.0. The van der Waals surface area contributed by atoms with Crippen LogP contribution in [0, 0.1) is 6.92 Å². The van der Waals surface area contributed by atoms with E-state index >= 15 is 0 Å². The molecule has 0 bridgehead atoms. The Labute approximate surface area is 183 Å². The maximum atomic E-state index is 12.7. The number of rotatable bonds is 3. The van der Waals surface area contributed by atoms with Crippen molar-refractivity contribution in [3.05, 3.63) is 77.4 Å². The number of carbonyl (C=O) groups is 1. The maximum Gasteiger partial charge on any atom is 0.223 e. The third-order valence-electron chi connectivity index (χ3n) is 7.03. The van der Waals surface area contributed by atoms with Crippen LogP contribution < -0.4 is 15.0 Å². The summed E-state index contributed by atoms with van der Waals surface area (Å²) in [7, 11) is 1.70. The molecule has 4 heteroatoms. The Balaban J connectivity index is 1.71. The molecule has 2 aliphatic rings. The second-order valence-corrected chi connectivity index (χ2v) is 9.10. The first-order chi connectivity index (χ1) is 14.9. The first-order valence-electron chi connectivity index (χ1n) is 10.8. The summed E-state index contributed by atoms with van der Waals surface area (Å²) >= 11 is 0. The summed E-state index contributed by atoms with van der Waals surface area (Å²) in [6.07, 6.45) is 4.79. The smallest absolute Gasteiger partial charge is 0.223 e. The molecule has 5 rings (SSSR count). The van der Waals surface area contributed by atoms with Crippen LogP contribution in [0.4, 0.5) is 5.69 Å². The molecule has 4 nitrogen and oxygen atoms in total. The number of nitrogens with zero attached hydrogens (tertiary/aromatic N) is 1. The molecule has 1 unspecified atom stereocenters. The molecule has 2 aliphatic heterocycles. The average molecular weight is 413 g/mol. The van der Waals surface area contributed by atoms with E-state index in [0.717, 1.165) is 22.1 Å². The molecule has 3 aromatic carbocycles. The van der Waals surface area contributed by atoms with Gasteiger partial charge in [0.2, 0.25) is 5.91 Å². The number of carbonyl (C=O) groups excluding carboxylic acids is 1. The maximum absolute atomic E-state index is 12.7. The molecule has 0 spiro atoms. The second-order valence-electron chi connectivity index (χ2n) is 9.10. The molecule has 0 aliphatic carbocycles. The van der Waals surface area contributed by atoms with Crippen LogP contribution in [0.2, 0.25) is 0 Å². The van der Waals surface area contributed by atoms with Crippen LogP contribution in [0.5, 0.6) is 5.75 Å². The summed E-state index contributed by atoms with van der Waals surface area (Å²) in [6, 6.07) is 19.0. The van der Waals surface area contributed by atoms with E-state index in [-0.39, 0.29) is 11.3 Å². The molecule has 2 heterocycles. The second kappa shape index (κ2) is 6.88. The zero-order chi connectivity index (χ0) is 21.8. The van der Waals surface area contributed by atoms with Gasteiger partial charge < -0.3 is 15.0 Å². The Hall–Kier alpha value is -3.27. The van der Waals surface area contributed by atoms with Crippen LogP contribution in [-0.2, 0) is 10.2 Å². The monoisotopic (exact) mass is 412 g/mol. The van der Waals surface area contributed by atoms with Gasteiger partial charge in [-0.05, 0) is 41.5 Å². The Morgan fingerprint density at radius 1 is 1.10 bits per heavy atom. The van der Waals surface area contributed by atoms with Crippen molar-refractivity contribution in [3.8, 4) is 5.75 Å². The number of fused-ring (bicyclic) bond motifs is 4. The topological polar surface area (TPSA) is 41.6 Å². The van der Waals surface area contributed by atoms with Crippen molar-refractivity contribution in [3.63, 3.8) is 0 Å². The normalized spacial score (nSPS) is 21.8. The van der Waals surface area contributed by atoms with Gasteiger partial charge >= 0.3 is 0 Å². The highest BCUT2D eigenvalue weighted by molar-refractivity contribution is 5.94. The van der Waals surface area contributed by atoms with Crippen molar-refractivity contribution in [2.75, 3.05) is 18.6 Å². The number of anilines is 1. The first kappa shape index (κ1) is 19.7. The number of nitrogens with one attached hydrogen (secondary N) is 1. The third kappa shape index (κ3) is 2.78. The minimum atomic E-state index is -0.638. The molecule has 3 aromatic rings. The minimum Gasteiger partial charge on any atom is -0.496 e. The van der Waals surface area contributed by atoms with Gasteiger partial charge in [-0.2, -0.15) is 0 Å². The van der Waals surface area contributed by atoms with Crippen LogP contribution in [0.3, 0.4) is 0 Å². The number of aryl methyl sites for hydroxylation is 1. The highest BCUT2D eigenvalue weighted by Gasteiger charge is 2.57. The highest BCUT2D eigenvalue weighted by atomic mass is 16.5. The van der Waals surface area contributed by atoms with E-state index < -0.39 is 5.66 Å². The number of ether oxygens (including phenoxy) is 1. The lowest BCUT2D eigenvalue weighted by atomic mass is 9.74. The summed E-state index contributed by atoms with van der Waals surface area (Å²) in [6.45, 7) is 7.27. The zero-order valence-corrected chi connectivity index (χ0v) is 18.5. The summed E-state index contributed by atoms with van der Waals surface area (Å²) < 4.78 is 5.70. The van der Waals surface area contributed by atoms with Crippen LogP contribution in [0.15, 0.2) is 60.7 Å². The molecular weight excluding hydrogens is 384 g/mol. The standard InChI is InChI=1S/C27H28N2O2/c1-18-9-11-23-22(17-18)26(2,3)27(28-25(30)14-16-29(23)27)15-13-21-20-8-6-5-7-19(20)10-12-24(21)31-4/h5-13,15,17H,14,16H2,1-4H3,(H,28,30)/b15-13+. The van der Waals surface area contributed by atoms with Gasteiger partial charge in [0.25, 0.3) is 0 Å². The molecule has 0 aromatic heterocycles. The van der Waals surface area contributed by atoms with Crippen LogP contribution >= 0.6 is 0 Å². The summed E-state index contributed by atoms with van der Waals surface area (Å²) in [5.74, 6) is 0.910. The van der Waals surface area contributed by atoms with Crippen molar-refractivity contribution in [1.82, 2.24) is 5.32 Å². The van der Waals surface area contributed by atoms with Gasteiger partial charge in [0.1, 0.15) is 11.4 Å². The molecule has 1 N–H and O–H groups in total. The van der Waals surface area contributed by atoms with E-state index in [2.05, 4.69) is 79.5 Å². The average Bonchev–Trinajstić information content (AvgIpc) is 2.95. The van der Waals surface area contributed by atoms with Crippen molar-refractivity contribution in [2.45, 2.75) is 38.3 Å². The number of hydrogen-bond donors (Lipinski definition) is 1. The van der Waals surface area contributed by atoms with E-state index in [9.17, 15) is 4.79 Å². The largest absolute Gasteiger partial charge is 0.496 e. The highest BCUT2D eigenvalue weighted by Crippen LogP contribution is 2.52. The van der Waals surface area contributed by atoms with E-state index in [1.165, 1.54) is 16.8 Å². The Kier molecular flexibility index (Phi) is 4.37. The lowest BCUT2D eigenvalue weighted by Gasteiger charge is -2.49. The summed E-state index contributed by atoms with van der Waals surface area (Å²) in [5.41, 5.74) is 3.78. The number of benzene rings is 3. The van der Waals surface area contributed by atoms with Gasteiger partial charge in [0, 0.05) is 29.6 Å². The van der Waals surface area contributed by atoms with Crippen molar-refractivity contribution in [2.24, 2.45) is 0 Å². The molecule has 1 atom stereocenters. The van der Waals surface area contributed by atoms with Gasteiger partial charge in [-0.3, -0.25) is 4.79 Å². The minimum absolute atomic E-state index is 0.0865. The molecule has 1 amide bonds. The van der Waals surface area contributed by atoms with E-state index in [0.29, 0.717) is 13.0 Å². The predicted molar refractivity (Wildman–Crippen MR) is 127 cm³/mol. The Bertz CT molecular complexity index is 1230. The fourth-order valence-electron chi connectivity index (χ4n) is 5.30. The lowest BCUT2D eigenvalue weighted by molar-refractivity contribution is -0.124. The first-order valence-corrected chi connectivity index (χ1v) is 10.8. The summed E-state index contributed by atoms with van der Waals surface area (Å²) in [5, 5.41) is 5.66. The quantitative estimate of drug-likeness (QED) is 0.644. The molecule has 31 heavy (non-hydrogen) atoms. The number of hydrogen-bond acceptors (Lipinski definition) is 3. The van der Waals surface area contributed by atoms with Crippen molar-refractivity contribution in [1.29, 1.82) is 0 Å². The van der Waals surface area contributed by atoms with Crippen LogP contribution in [0.1, 0.15) is 37.0 Å². The van der Waals surface area contributed by atoms with Crippen LogP contribution in [0.25, 0.3) is 16.8 Å². The van der Waals surface area contributed by atoms with Crippen molar-refractivity contribution < 1.29 is 9.53 Å². The SMILES string of the molecule is COc1ccc2ccccc2c1/C=C/C12NC(=O)CCN1c1ccc(C)cc1C2(C)C. The van der Waals surface area contributed by atoms with Gasteiger partial charge in [0.05, 0.1) is 7.11 Å². The van der Waals surface area contributed by atoms with Crippen molar-refractivity contribution >= 4 is 28.4 Å². The van der Waals surface area contributed by atoms with Gasteiger partial charge in [-0.25, -0.2) is 0 Å². The third-order valence-corrected chi connectivity index (χ3v) is 7.03. The Morgan fingerprint density at radius 2 is 1.90 bits per heavy atom. The van der Waals surface area contributed by atoms with E-state index in [1.807, 2.05) is 18.2 Å². The zero-order valence-electron chi connectivity index (χ0n) is 18.5. The Morgan fingerprint density at radius 3 is 2.71 bits per heavy atom. The molecule has 1 fully saturated rings. The van der Waals surface area contributed by atoms with E-state index in [4.69, 9.17) is 4.74 Å². The predicted octanol–water partition coefficient (Wildman–Crippen LogP) is 5.18. The van der Waals surface area contributed by atoms with Crippen LogP contribution in [-0.4, -0.2) is 25.2 Å². The number of amides is 1. The number of methoxy groups -OCH3 is 1. The molecule has 0 saturated carbocycles. The molecular formula is C27H28N2O2. The molecule has 0 radical (unpaired) electrons. The fraction of sp³-hybridized carbons (Fsp3) is 0.296. The molecule has 1 saturated heterocycles.